The summed E-state index contributed by atoms with van der Waals surface area (Å²) in [6, 6.07) is 9.96. The highest BCUT2D eigenvalue weighted by atomic mass is 32.2. The number of anilines is 1. The van der Waals surface area contributed by atoms with Crippen LogP contribution in [0.5, 0.6) is 0 Å². The zero-order valence-electron chi connectivity index (χ0n) is 18.5. The minimum atomic E-state index is -0.0447. The van der Waals surface area contributed by atoms with Crippen molar-refractivity contribution in [2.75, 3.05) is 31.1 Å². The van der Waals surface area contributed by atoms with Gasteiger partial charge < -0.3 is 15.0 Å². The number of carbonyl (C=O) groups is 1. The van der Waals surface area contributed by atoms with Gasteiger partial charge in [-0.3, -0.25) is 4.79 Å². The van der Waals surface area contributed by atoms with Crippen LogP contribution < -0.4 is 10.2 Å². The number of thioether (sulfide) groups is 1. The molecule has 0 aliphatic carbocycles. The maximum atomic E-state index is 12.5. The van der Waals surface area contributed by atoms with Crippen molar-refractivity contribution in [1.29, 1.82) is 0 Å². The Hall–Kier alpha value is -2.12. The van der Waals surface area contributed by atoms with Gasteiger partial charge in [0.25, 0.3) is 5.91 Å². The minimum Gasteiger partial charge on any atom is -0.376 e. The van der Waals surface area contributed by atoms with E-state index in [-0.39, 0.29) is 12.0 Å². The van der Waals surface area contributed by atoms with E-state index >= 15 is 0 Å². The van der Waals surface area contributed by atoms with Crippen molar-refractivity contribution in [3.63, 3.8) is 0 Å². The van der Waals surface area contributed by atoms with Crippen LogP contribution in [0.4, 0.5) is 5.82 Å². The molecule has 31 heavy (non-hydrogen) atoms. The molecule has 1 aromatic carbocycles. The molecule has 1 amide bonds. The number of hydrogen-bond acceptors (Lipinski definition) is 6. The summed E-state index contributed by atoms with van der Waals surface area (Å²) in [6.07, 6.45) is 4.70. The van der Waals surface area contributed by atoms with E-state index in [0.717, 1.165) is 60.5 Å². The molecule has 2 aliphatic rings. The molecule has 2 aromatic rings. The van der Waals surface area contributed by atoms with E-state index in [9.17, 15) is 4.79 Å². The predicted octanol–water partition coefficient (Wildman–Crippen LogP) is 4.40. The molecule has 2 fully saturated rings. The van der Waals surface area contributed by atoms with Crippen LogP contribution >= 0.6 is 11.8 Å². The molecular weight excluding hydrogens is 408 g/mol. The highest BCUT2D eigenvalue weighted by molar-refractivity contribution is 7.98. The summed E-state index contributed by atoms with van der Waals surface area (Å²) in [6.45, 7) is 7.86. The van der Waals surface area contributed by atoms with Crippen molar-refractivity contribution < 1.29 is 9.53 Å². The number of hydrogen-bond donors (Lipinski definition) is 1. The molecule has 1 N–H and O–H groups in total. The molecule has 0 spiro atoms. The number of carbonyl (C=O) groups excluding carboxylic acids is 1. The first-order valence-corrected chi connectivity index (χ1v) is 12.3. The highest BCUT2D eigenvalue weighted by Gasteiger charge is 2.18. The topological polar surface area (TPSA) is 67.4 Å². The first kappa shape index (κ1) is 22.1. The lowest BCUT2D eigenvalue weighted by Crippen LogP contribution is -2.31. The standard InChI is InChI=1S/C24H32N4O2S/c1-17(2)21-14-22(28-10-3-4-11-28)27-24(26-21)31-16-18-7-5-8-19(13-18)23(29)25-15-20-9-6-12-30-20/h5,7-8,13-14,17,20H,3-4,6,9-12,15-16H2,1-2H3,(H,25,29). The van der Waals surface area contributed by atoms with E-state index in [4.69, 9.17) is 14.7 Å². The van der Waals surface area contributed by atoms with Crippen LogP contribution in [0.1, 0.15) is 67.1 Å². The highest BCUT2D eigenvalue weighted by Crippen LogP contribution is 2.27. The van der Waals surface area contributed by atoms with Crippen molar-refractivity contribution in [2.24, 2.45) is 0 Å². The predicted molar refractivity (Wildman–Crippen MR) is 125 cm³/mol. The van der Waals surface area contributed by atoms with Gasteiger partial charge in [0.2, 0.25) is 0 Å². The van der Waals surface area contributed by atoms with Gasteiger partial charge in [0, 0.05) is 49.3 Å². The van der Waals surface area contributed by atoms with Gasteiger partial charge >= 0.3 is 0 Å². The molecule has 0 bridgehead atoms. The average molecular weight is 441 g/mol. The molecule has 1 aromatic heterocycles. The zero-order valence-corrected chi connectivity index (χ0v) is 19.3. The van der Waals surface area contributed by atoms with Crippen LogP contribution in [0.3, 0.4) is 0 Å². The fraction of sp³-hybridized carbons (Fsp3) is 0.542. The summed E-state index contributed by atoms with van der Waals surface area (Å²) in [5.41, 5.74) is 2.86. The second-order valence-electron chi connectivity index (χ2n) is 8.62. The van der Waals surface area contributed by atoms with Crippen molar-refractivity contribution in [3.8, 4) is 0 Å². The fourth-order valence-corrected chi connectivity index (χ4v) is 4.77. The van der Waals surface area contributed by atoms with Gasteiger partial charge in [-0.15, -0.1) is 0 Å². The molecule has 1 atom stereocenters. The molecule has 0 saturated carbocycles. The summed E-state index contributed by atoms with van der Waals surface area (Å²) in [7, 11) is 0. The Balaban J connectivity index is 1.40. The molecule has 0 radical (unpaired) electrons. The first-order valence-electron chi connectivity index (χ1n) is 11.3. The number of benzene rings is 1. The van der Waals surface area contributed by atoms with E-state index < -0.39 is 0 Å². The average Bonchev–Trinajstić information content (AvgIpc) is 3.50. The summed E-state index contributed by atoms with van der Waals surface area (Å²) in [5, 5.41) is 3.81. The monoisotopic (exact) mass is 440 g/mol. The minimum absolute atomic E-state index is 0.0447. The molecule has 6 nitrogen and oxygen atoms in total. The van der Waals surface area contributed by atoms with Crippen LogP contribution in [-0.4, -0.2) is 48.2 Å². The second kappa shape index (κ2) is 10.5. The fourth-order valence-electron chi connectivity index (χ4n) is 3.96. The summed E-state index contributed by atoms with van der Waals surface area (Å²) >= 11 is 1.63. The Morgan fingerprint density at radius 1 is 1.23 bits per heavy atom. The Labute approximate surface area is 189 Å². The van der Waals surface area contributed by atoms with E-state index in [0.29, 0.717) is 18.0 Å². The quantitative estimate of drug-likeness (QED) is 0.485. The molecule has 2 saturated heterocycles. The van der Waals surface area contributed by atoms with Crippen molar-refractivity contribution in [3.05, 3.63) is 47.2 Å². The maximum Gasteiger partial charge on any atom is 0.251 e. The SMILES string of the molecule is CC(C)c1cc(N2CCCC2)nc(SCc2cccc(C(=O)NCC3CCCO3)c2)n1. The number of ether oxygens (including phenoxy) is 1. The largest absolute Gasteiger partial charge is 0.376 e. The summed E-state index contributed by atoms with van der Waals surface area (Å²) in [5.74, 6) is 2.09. The number of aromatic nitrogens is 2. The lowest BCUT2D eigenvalue weighted by atomic mass is 10.1. The smallest absolute Gasteiger partial charge is 0.251 e. The van der Waals surface area contributed by atoms with Crippen LogP contribution in [-0.2, 0) is 10.5 Å². The molecule has 1 unspecified atom stereocenters. The van der Waals surface area contributed by atoms with Gasteiger partial charge in [0.05, 0.1) is 6.10 Å². The van der Waals surface area contributed by atoms with Crippen molar-refractivity contribution in [1.82, 2.24) is 15.3 Å². The lowest BCUT2D eigenvalue weighted by Gasteiger charge is -2.18. The van der Waals surface area contributed by atoms with Gasteiger partial charge in [-0.05, 0) is 49.3 Å². The molecule has 7 heteroatoms. The third kappa shape index (κ3) is 5.98. The third-order valence-corrected chi connectivity index (χ3v) is 6.72. The van der Waals surface area contributed by atoms with Crippen LogP contribution in [0.15, 0.2) is 35.5 Å². The van der Waals surface area contributed by atoms with E-state index in [2.05, 4.69) is 36.2 Å². The molecule has 4 rings (SSSR count). The third-order valence-electron chi connectivity index (χ3n) is 5.80. The molecule has 2 aliphatic heterocycles. The summed E-state index contributed by atoms with van der Waals surface area (Å²) in [4.78, 5) is 24.5. The molecule has 3 heterocycles. The van der Waals surface area contributed by atoms with Crippen LogP contribution in [0.2, 0.25) is 0 Å². The lowest BCUT2D eigenvalue weighted by molar-refractivity contribution is 0.0857. The first-order chi connectivity index (χ1) is 15.1. The van der Waals surface area contributed by atoms with Crippen LogP contribution in [0.25, 0.3) is 0 Å². The number of rotatable bonds is 8. The number of nitrogens with one attached hydrogen (secondary N) is 1. The normalized spacial score (nSPS) is 18.7. The van der Waals surface area contributed by atoms with E-state index in [1.54, 1.807) is 11.8 Å². The van der Waals surface area contributed by atoms with Crippen LogP contribution in [0, 0.1) is 0 Å². The second-order valence-corrected chi connectivity index (χ2v) is 9.56. The summed E-state index contributed by atoms with van der Waals surface area (Å²) < 4.78 is 5.59. The zero-order chi connectivity index (χ0) is 21.6. The number of amides is 1. The Morgan fingerprint density at radius 3 is 2.81 bits per heavy atom. The van der Waals surface area contributed by atoms with E-state index in [1.165, 1.54) is 12.8 Å². The maximum absolute atomic E-state index is 12.5. The van der Waals surface area contributed by atoms with Gasteiger partial charge in [0.15, 0.2) is 5.16 Å². The van der Waals surface area contributed by atoms with Crippen molar-refractivity contribution in [2.45, 2.75) is 62.5 Å². The van der Waals surface area contributed by atoms with Gasteiger partial charge in [-0.1, -0.05) is 37.7 Å². The van der Waals surface area contributed by atoms with Gasteiger partial charge in [0.1, 0.15) is 5.82 Å². The van der Waals surface area contributed by atoms with E-state index in [1.807, 2.05) is 18.2 Å². The Morgan fingerprint density at radius 2 is 2.06 bits per heavy atom. The Kier molecular flexibility index (Phi) is 7.45. The van der Waals surface area contributed by atoms with Gasteiger partial charge in [-0.2, -0.15) is 0 Å². The van der Waals surface area contributed by atoms with Gasteiger partial charge in [-0.25, -0.2) is 9.97 Å². The Bertz CT molecular complexity index is 893. The molecule has 166 valence electrons. The number of nitrogens with zero attached hydrogens (tertiary/aromatic N) is 3. The van der Waals surface area contributed by atoms with Crippen molar-refractivity contribution >= 4 is 23.5 Å². The molecular formula is C24H32N4O2S.